The van der Waals surface area contributed by atoms with E-state index in [1.54, 1.807) is 6.92 Å². The second-order valence-corrected chi connectivity index (χ2v) is 5.19. The molecule has 0 heterocycles. The SMILES string of the molecule is CC(=O)C(COCCC(C)C)CC(C)C. The Morgan fingerprint density at radius 1 is 1.13 bits per heavy atom. The summed E-state index contributed by atoms with van der Waals surface area (Å²) in [6.45, 7) is 11.7. The van der Waals surface area contributed by atoms with Gasteiger partial charge in [-0.25, -0.2) is 0 Å². The van der Waals surface area contributed by atoms with Crippen molar-refractivity contribution in [1.82, 2.24) is 0 Å². The Bertz CT molecular complexity index is 173. The van der Waals surface area contributed by atoms with Gasteiger partial charge in [0.25, 0.3) is 0 Å². The normalized spacial score (nSPS) is 13.5. The van der Waals surface area contributed by atoms with Crippen LogP contribution in [0.2, 0.25) is 0 Å². The molecule has 0 amide bonds. The van der Waals surface area contributed by atoms with Crippen molar-refractivity contribution in [2.24, 2.45) is 17.8 Å². The third-order valence-electron chi connectivity index (χ3n) is 2.49. The van der Waals surface area contributed by atoms with E-state index in [4.69, 9.17) is 4.74 Å². The standard InChI is InChI=1S/C13H26O2/c1-10(2)6-7-15-9-13(12(5)14)8-11(3)4/h10-11,13H,6-9H2,1-5H3. The van der Waals surface area contributed by atoms with E-state index in [-0.39, 0.29) is 11.7 Å². The van der Waals surface area contributed by atoms with Crippen LogP contribution >= 0.6 is 0 Å². The minimum atomic E-state index is 0.0946. The van der Waals surface area contributed by atoms with Gasteiger partial charge >= 0.3 is 0 Å². The van der Waals surface area contributed by atoms with Gasteiger partial charge in [0.1, 0.15) is 5.78 Å². The second kappa shape index (κ2) is 7.86. The average molecular weight is 214 g/mol. The van der Waals surface area contributed by atoms with E-state index in [2.05, 4.69) is 27.7 Å². The van der Waals surface area contributed by atoms with Crippen LogP contribution in [0.3, 0.4) is 0 Å². The maximum Gasteiger partial charge on any atom is 0.135 e. The zero-order valence-electron chi connectivity index (χ0n) is 10.9. The molecule has 15 heavy (non-hydrogen) atoms. The number of ether oxygens (including phenoxy) is 1. The van der Waals surface area contributed by atoms with Gasteiger partial charge in [0.2, 0.25) is 0 Å². The van der Waals surface area contributed by atoms with E-state index in [0.717, 1.165) is 19.4 Å². The molecule has 0 saturated carbocycles. The van der Waals surface area contributed by atoms with Crippen molar-refractivity contribution < 1.29 is 9.53 Å². The van der Waals surface area contributed by atoms with Crippen LogP contribution in [0, 0.1) is 17.8 Å². The summed E-state index contributed by atoms with van der Waals surface area (Å²) in [6.07, 6.45) is 2.02. The molecule has 90 valence electrons. The number of carbonyl (C=O) groups excluding carboxylic acids is 1. The highest BCUT2D eigenvalue weighted by molar-refractivity contribution is 5.78. The Balaban J connectivity index is 3.72. The zero-order chi connectivity index (χ0) is 11.8. The summed E-state index contributed by atoms with van der Waals surface area (Å²) < 4.78 is 5.55. The van der Waals surface area contributed by atoms with E-state index in [1.165, 1.54) is 0 Å². The van der Waals surface area contributed by atoms with Crippen LogP contribution in [-0.4, -0.2) is 19.0 Å². The highest BCUT2D eigenvalue weighted by atomic mass is 16.5. The Kier molecular flexibility index (Phi) is 7.67. The minimum absolute atomic E-state index is 0.0946. The Morgan fingerprint density at radius 3 is 2.13 bits per heavy atom. The molecule has 2 nitrogen and oxygen atoms in total. The number of carbonyl (C=O) groups is 1. The molecular weight excluding hydrogens is 188 g/mol. The third kappa shape index (κ3) is 8.61. The van der Waals surface area contributed by atoms with Gasteiger partial charge < -0.3 is 4.74 Å². The predicted molar refractivity (Wildman–Crippen MR) is 63.9 cm³/mol. The lowest BCUT2D eigenvalue weighted by molar-refractivity contribution is -0.123. The summed E-state index contributed by atoms with van der Waals surface area (Å²) in [6, 6.07) is 0. The molecule has 0 bridgehead atoms. The first-order valence-corrected chi connectivity index (χ1v) is 6.01. The largest absolute Gasteiger partial charge is 0.381 e. The van der Waals surface area contributed by atoms with Gasteiger partial charge in [-0.15, -0.1) is 0 Å². The summed E-state index contributed by atoms with van der Waals surface area (Å²) in [5.41, 5.74) is 0. The molecule has 0 aromatic carbocycles. The van der Waals surface area contributed by atoms with Crippen LogP contribution in [-0.2, 0) is 9.53 Å². The fraction of sp³-hybridized carbons (Fsp3) is 0.923. The summed E-state index contributed by atoms with van der Waals surface area (Å²) >= 11 is 0. The molecule has 1 unspecified atom stereocenters. The molecule has 0 saturated heterocycles. The topological polar surface area (TPSA) is 26.3 Å². The Morgan fingerprint density at radius 2 is 1.73 bits per heavy atom. The lowest BCUT2D eigenvalue weighted by Crippen LogP contribution is -2.20. The highest BCUT2D eigenvalue weighted by Crippen LogP contribution is 2.13. The van der Waals surface area contributed by atoms with E-state index >= 15 is 0 Å². The van der Waals surface area contributed by atoms with Crippen LogP contribution in [0.5, 0.6) is 0 Å². The minimum Gasteiger partial charge on any atom is -0.381 e. The fourth-order valence-corrected chi connectivity index (χ4v) is 1.47. The first-order chi connectivity index (χ1) is 6.93. The van der Waals surface area contributed by atoms with Crippen molar-refractivity contribution >= 4 is 5.78 Å². The molecule has 0 aromatic heterocycles. The van der Waals surface area contributed by atoms with Crippen molar-refractivity contribution in [1.29, 1.82) is 0 Å². The smallest absolute Gasteiger partial charge is 0.135 e. The average Bonchev–Trinajstić information content (AvgIpc) is 2.08. The maximum absolute atomic E-state index is 11.3. The summed E-state index contributed by atoms with van der Waals surface area (Å²) in [5, 5.41) is 0. The maximum atomic E-state index is 11.3. The van der Waals surface area contributed by atoms with E-state index in [1.807, 2.05) is 0 Å². The van der Waals surface area contributed by atoms with Crippen LogP contribution in [0.25, 0.3) is 0 Å². The fourth-order valence-electron chi connectivity index (χ4n) is 1.47. The van der Waals surface area contributed by atoms with Crippen LogP contribution in [0.1, 0.15) is 47.5 Å². The van der Waals surface area contributed by atoms with Crippen LogP contribution in [0.15, 0.2) is 0 Å². The molecular formula is C13H26O2. The van der Waals surface area contributed by atoms with Crippen molar-refractivity contribution in [3.63, 3.8) is 0 Å². The monoisotopic (exact) mass is 214 g/mol. The van der Waals surface area contributed by atoms with Gasteiger partial charge in [0.15, 0.2) is 0 Å². The highest BCUT2D eigenvalue weighted by Gasteiger charge is 2.15. The first kappa shape index (κ1) is 14.6. The molecule has 0 N–H and O–H groups in total. The molecule has 2 heteroatoms. The van der Waals surface area contributed by atoms with Crippen molar-refractivity contribution in [3.05, 3.63) is 0 Å². The van der Waals surface area contributed by atoms with Gasteiger partial charge in [-0.2, -0.15) is 0 Å². The Hall–Kier alpha value is -0.370. The summed E-state index contributed by atoms with van der Waals surface area (Å²) in [4.78, 5) is 11.3. The summed E-state index contributed by atoms with van der Waals surface area (Å²) in [7, 11) is 0. The van der Waals surface area contributed by atoms with Crippen molar-refractivity contribution in [3.8, 4) is 0 Å². The van der Waals surface area contributed by atoms with Gasteiger partial charge in [0, 0.05) is 12.5 Å². The first-order valence-electron chi connectivity index (χ1n) is 6.01. The number of hydrogen-bond donors (Lipinski definition) is 0. The number of ketones is 1. The van der Waals surface area contributed by atoms with E-state index in [9.17, 15) is 4.79 Å². The molecule has 0 fully saturated rings. The van der Waals surface area contributed by atoms with Crippen molar-refractivity contribution in [2.75, 3.05) is 13.2 Å². The third-order valence-corrected chi connectivity index (χ3v) is 2.49. The summed E-state index contributed by atoms with van der Waals surface area (Å²) in [5.74, 6) is 1.59. The van der Waals surface area contributed by atoms with Crippen LogP contribution in [0.4, 0.5) is 0 Å². The second-order valence-electron chi connectivity index (χ2n) is 5.19. The molecule has 0 spiro atoms. The zero-order valence-corrected chi connectivity index (χ0v) is 10.9. The molecule has 0 aromatic rings. The molecule has 0 radical (unpaired) electrons. The number of Topliss-reactive ketones (excluding diaryl/α,β-unsaturated/α-hetero) is 1. The predicted octanol–water partition coefficient (Wildman–Crippen LogP) is 3.30. The molecule has 0 aliphatic rings. The molecule has 1 atom stereocenters. The van der Waals surface area contributed by atoms with Crippen LogP contribution < -0.4 is 0 Å². The molecule has 0 aliphatic heterocycles. The molecule has 0 aliphatic carbocycles. The number of rotatable bonds is 8. The van der Waals surface area contributed by atoms with E-state index < -0.39 is 0 Å². The van der Waals surface area contributed by atoms with Gasteiger partial charge in [0.05, 0.1) is 6.61 Å². The lowest BCUT2D eigenvalue weighted by atomic mass is 9.95. The molecule has 0 rings (SSSR count). The Labute approximate surface area is 94.4 Å². The lowest BCUT2D eigenvalue weighted by Gasteiger charge is -2.16. The van der Waals surface area contributed by atoms with E-state index in [0.29, 0.717) is 18.4 Å². The number of hydrogen-bond acceptors (Lipinski definition) is 2. The van der Waals surface area contributed by atoms with Crippen molar-refractivity contribution in [2.45, 2.75) is 47.5 Å². The van der Waals surface area contributed by atoms with Gasteiger partial charge in [-0.1, -0.05) is 27.7 Å². The van der Waals surface area contributed by atoms with Gasteiger partial charge in [-0.3, -0.25) is 4.79 Å². The van der Waals surface area contributed by atoms with Gasteiger partial charge in [-0.05, 0) is 31.6 Å². The quantitative estimate of drug-likeness (QED) is 0.579.